The van der Waals surface area contributed by atoms with E-state index in [4.69, 9.17) is 9.40 Å². The number of furan rings is 1. The molecule has 2 heterocycles. The van der Waals surface area contributed by atoms with Crippen LogP contribution in [0.4, 0.5) is 0 Å². The van der Waals surface area contributed by atoms with Gasteiger partial charge in [-0.05, 0) is 31.2 Å². The van der Waals surface area contributed by atoms with Crippen LogP contribution in [0.25, 0.3) is 22.3 Å². The second-order valence-corrected chi connectivity index (χ2v) is 5.79. The number of nitrogens with zero attached hydrogens (tertiary/aromatic N) is 2. The Bertz CT molecular complexity index is 1050. The van der Waals surface area contributed by atoms with Crippen molar-refractivity contribution in [1.29, 1.82) is 0 Å². The summed E-state index contributed by atoms with van der Waals surface area (Å²) < 4.78 is 7.10. The summed E-state index contributed by atoms with van der Waals surface area (Å²) in [6.45, 7) is 2.39. The molecule has 0 spiro atoms. The average molecular weight is 316 g/mol. The molecule has 0 aliphatic heterocycles. The molecule has 0 N–H and O–H groups in total. The third-order valence-electron chi connectivity index (χ3n) is 4.07. The number of fused-ring (bicyclic) bond motifs is 1. The van der Waals surface area contributed by atoms with E-state index in [1.54, 1.807) is 10.8 Å². The molecule has 118 valence electrons. The van der Waals surface area contributed by atoms with Crippen molar-refractivity contribution in [2.45, 2.75) is 13.5 Å². The first-order chi connectivity index (χ1) is 11.7. The van der Waals surface area contributed by atoms with Crippen LogP contribution in [0, 0.1) is 6.92 Å². The van der Waals surface area contributed by atoms with Gasteiger partial charge >= 0.3 is 0 Å². The lowest BCUT2D eigenvalue weighted by Crippen LogP contribution is -2.24. The Morgan fingerprint density at radius 1 is 1.00 bits per heavy atom. The maximum atomic E-state index is 13.0. The third kappa shape index (κ3) is 2.52. The molecule has 2 aromatic carbocycles. The molecule has 0 amide bonds. The van der Waals surface area contributed by atoms with Gasteiger partial charge in [0.15, 0.2) is 0 Å². The fourth-order valence-corrected chi connectivity index (χ4v) is 2.80. The molecule has 0 saturated carbocycles. The molecule has 0 saturated heterocycles. The minimum Gasteiger partial charge on any atom is -0.467 e. The van der Waals surface area contributed by atoms with Crippen LogP contribution in [-0.2, 0) is 6.54 Å². The molecular formula is C20H16N2O2. The van der Waals surface area contributed by atoms with Gasteiger partial charge in [0.25, 0.3) is 5.56 Å². The fraction of sp³-hybridized carbons (Fsp3) is 0.100. The Labute approximate surface area is 139 Å². The SMILES string of the molecule is Cc1ccc(-c2nc3ccccc3c(=O)n2Cc2ccco2)cc1. The summed E-state index contributed by atoms with van der Waals surface area (Å²) in [5.41, 5.74) is 2.72. The van der Waals surface area contributed by atoms with Crippen LogP contribution in [0.15, 0.2) is 76.1 Å². The molecule has 2 aromatic heterocycles. The largest absolute Gasteiger partial charge is 0.467 e. The highest BCUT2D eigenvalue weighted by atomic mass is 16.3. The van der Waals surface area contributed by atoms with E-state index in [-0.39, 0.29) is 5.56 Å². The van der Waals surface area contributed by atoms with Crippen molar-refractivity contribution in [3.8, 4) is 11.4 Å². The Balaban J connectivity index is 1.98. The van der Waals surface area contributed by atoms with Crippen molar-refractivity contribution >= 4 is 10.9 Å². The van der Waals surface area contributed by atoms with Gasteiger partial charge in [0, 0.05) is 5.56 Å². The summed E-state index contributed by atoms with van der Waals surface area (Å²) in [6.07, 6.45) is 1.61. The monoisotopic (exact) mass is 316 g/mol. The Morgan fingerprint density at radius 2 is 1.79 bits per heavy atom. The summed E-state index contributed by atoms with van der Waals surface area (Å²) in [5, 5.41) is 0.611. The van der Waals surface area contributed by atoms with Crippen LogP contribution in [-0.4, -0.2) is 9.55 Å². The summed E-state index contributed by atoms with van der Waals surface area (Å²) in [6, 6.07) is 19.1. The van der Waals surface area contributed by atoms with Crippen LogP contribution >= 0.6 is 0 Å². The van der Waals surface area contributed by atoms with Crippen molar-refractivity contribution in [2.75, 3.05) is 0 Å². The maximum absolute atomic E-state index is 13.0. The molecule has 0 fully saturated rings. The summed E-state index contributed by atoms with van der Waals surface area (Å²) in [4.78, 5) is 17.7. The lowest BCUT2D eigenvalue weighted by atomic mass is 10.1. The number of benzene rings is 2. The van der Waals surface area contributed by atoms with Crippen LogP contribution < -0.4 is 5.56 Å². The zero-order valence-electron chi connectivity index (χ0n) is 13.3. The minimum atomic E-state index is -0.0624. The van der Waals surface area contributed by atoms with Crippen molar-refractivity contribution in [3.63, 3.8) is 0 Å². The first-order valence-corrected chi connectivity index (χ1v) is 7.81. The third-order valence-corrected chi connectivity index (χ3v) is 4.07. The highest BCUT2D eigenvalue weighted by Crippen LogP contribution is 2.20. The molecule has 0 bridgehead atoms. The Morgan fingerprint density at radius 3 is 2.54 bits per heavy atom. The molecule has 4 nitrogen and oxygen atoms in total. The van der Waals surface area contributed by atoms with Crippen molar-refractivity contribution in [1.82, 2.24) is 9.55 Å². The van der Waals surface area contributed by atoms with Gasteiger partial charge in [-0.2, -0.15) is 0 Å². The van der Waals surface area contributed by atoms with Gasteiger partial charge in [-0.1, -0.05) is 42.0 Å². The van der Waals surface area contributed by atoms with Gasteiger partial charge in [0.2, 0.25) is 0 Å². The predicted molar refractivity (Wildman–Crippen MR) is 94.0 cm³/mol. The van der Waals surface area contributed by atoms with Crippen LogP contribution in [0.5, 0.6) is 0 Å². The van der Waals surface area contributed by atoms with E-state index in [9.17, 15) is 4.79 Å². The van der Waals surface area contributed by atoms with E-state index in [2.05, 4.69) is 0 Å². The smallest absolute Gasteiger partial charge is 0.262 e. The van der Waals surface area contributed by atoms with Crippen molar-refractivity contribution < 1.29 is 4.42 Å². The number of aryl methyl sites for hydroxylation is 1. The molecule has 4 aromatic rings. The lowest BCUT2D eigenvalue weighted by Gasteiger charge is -2.13. The Kier molecular flexibility index (Phi) is 3.50. The molecular weight excluding hydrogens is 300 g/mol. The summed E-state index contributed by atoms with van der Waals surface area (Å²) in [5.74, 6) is 1.37. The average Bonchev–Trinajstić information content (AvgIpc) is 3.11. The van der Waals surface area contributed by atoms with Gasteiger partial charge < -0.3 is 4.42 Å². The minimum absolute atomic E-state index is 0.0624. The normalized spacial score (nSPS) is 11.0. The first kappa shape index (κ1) is 14.5. The zero-order valence-corrected chi connectivity index (χ0v) is 13.3. The van der Waals surface area contributed by atoms with E-state index in [0.717, 1.165) is 11.3 Å². The van der Waals surface area contributed by atoms with Gasteiger partial charge in [-0.25, -0.2) is 4.98 Å². The number of hydrogen-bond donors (Lipinski definition) is 0. The van der Waals surface area contributed by atoms with Gasteiger partial charge in [0.05, 0.1) is 23.7 Å². The standard InChI is InChI=1S/C20H16N2O2/c1-14-8-10-15(11-9-14)19-21-18-7-3-2-6-17(18)20(23)22(19)13-16-5-4-12-24-16/h2-12H,13H2,1H3. The van der Waals surface area contributed by atoms with E-state index in [1.807, 2.05) is 67.6 Å². The number of rotatable bonds is 3. The van der Waals surface area contributed by atoms with Crippen LogP contribution in [0.3, 0.4) is 0 Å². The lowest BCUT2D eigenvalue weighted by molar-refractivity contribution is 0.490. The summed E-state index contributed by atoms with van der Waals surface area (Å²) >= 11 is 0. The second-order valence-electron chi connectivity index (χ2n) is 5.79. The molecule has 0 aliphatic carbocycles. The Hall–Kier alpha value is -3.14. The highest BCUT2D eigenvalue weighted by molar-refractivity contribution is 5.79. The van der Waals surface area contributed by atoms with Crippen molar-refractivity contribution in [3.05, 3.63) is 88.6 Å². The van der Waals surface area contributed by atoms with Crippen LogP contribution in [0.1, 0.15) is 11.3 Å². The molecule has 0 radical (unpaired) electrons. The zero-order chi connectivity index (χ0) is 16.5. The van der Waals surface area contributed by atoms with Crippen molar-refractivity contribution in [2.24, 2.45) is 0 Å². The molecule has 0 unspecified atom stereocenters. The molecule has 0 aliphatic rings. The van der Waals surface area contributed by atoms with Gasteiger partial charge in [-0.3, -0.25) is 9.36 Å². The van der Waals surface area contributed by atoms with E-state index >= 15 is 0 Å². The van der Waals surface area contributed by atoms with Gasteiger partial charge in [0.1, 0.15) is 11.6 Å². The summed E-state index contributed by atoms with van der Waals surface area (Å²) in [7, 11) is 0. The van der Waals surface area contributed by atoms with Crippen LogP contribution in [0.2, 0.25) is 0 Å². The molecule has 4 heteroatoms. The molecule has 24 heavy (non-hydrogen) atoms. The van der Waals surface area contributed by atoms with E-state index in [1.165, 1.54) is 5.56 Å². The number of aromatic nitrogens is 2. The maximum Gasteiger partial charge on any atom is 0.262 e. The molecule has 4 rings (SSSR count). The number of hydrogen-bond acceptors (Lipinski definition) is 3. The fourth-order valence-electron chi connectivity index (χ4n) is 2.80. The topological polar surface area (TPSA) is 48.0 Å². The first-order valence-electron chi connectivity index (χ1n) is 7.81. The number of para-hydroxylation sites is 1. The van der Waals surface area contributed by atoms with E-state index < -0.39 is 0 Å². The second kappa shape index (κ2) is 5.81. The van der Waals surface area contributed by atoms with Gasteiger partial charge in [-0.15, -0.1) is 0 Å². The quantitative estimate of drug-likeness (QED) is 0.574. The predicted octanol–water partition coefficient (Wildman–Crippen LogP) is 4.01. The highest BCUT2D eigenvalue weighted by Gasteiger charge is 2.13. The van der Waals surface area contributed by atoms with E-state index in [0.29, 0.717) is 23.3 Å². The molecule has 0 atom stereocenters.